The molecule has 1 amide bonds. The van der Waals surface area contributed by atoms with E-state index in [0.29, 0.717) is 17.1 Å². The lowest BCUT2D eigenvalue weighted by atomic mass is 9.98. The van der Waals surface area contributed by atoms with Crippen LogP contribution in [-0.2, 0) is 11.2 Å². The molecule has 32 heavy (non-hydrogen) atoms. The third-order valence-corrected chi connectivity index (χ3v) is 5.08. The van der Waals surface area contributed by atoms with Crippen LogP contribution in [0.15, 0.2) is 89.3 Å². The lowest BCUT2D eigenvalue weighted by Gasteiger charge is -2.09. The zero-order chi connectivity index (χ0) is 22.3. The van der Waals surface area contributed by atoms with Crippen LogP contribution < -0.4 is 10.1 Å². The maximum absolute atomic E-state index is 12.6. The Hall–Kier alpha value is -4.30. The van der Waals surface area contributed by atoms with Crippen LogP contribution in [0, 0.1) is 11.3 Å². The van der Waals surface area contributed by atoms with Gasteiger partial charge in [0, 0.05) is 11.1 Å². The minimum absolute atomic E-state index is 0.114. The van der Waals surface area contributed by atoms with Crippen molar-refractivity contribution in [1.29, 1.82) is 5.26 Å². The maximum Gasteiger partial charge on any atom is 0.264 e. The molecule has 3 aromatic carbocycles. The number of ether oxygens (including phenoxy) is 1. The van der Waals surface area contributed by atoms with Crippen molar-refractivity contribution in [3.05, 3.63) is 96.1 Å². The number of anilines is 1. The molecule has 0 atom stereocenters. The van der Waals surface area contributed by atoms with Crippen molar-refractivity contribution in [2.75, 3.05) is 11.9 Å². The van der Waals surface area contributed by atoms with E-state index < -0.39 is 5.91 Å². The highest BCUT2D eigenvalue weighted by molar-refractivity contribution is 5.96. The Balaban J connectivity index is 1.65. The topological polar surface area (TPSA) is 75.3 Å². The number of amides is 1. The molecule has 0 saturated carbocycles. The number of hydrogen-bond acceptors (Lipinski definition) is 4. The Labute approximate surface area is 186 Å². The molecule has 1 heterocycles. The van der Waals surface area contributed by atoms with Crippen LogP contribution in [0.2, 0.25) is 0 Å². The molecule has 0 unspecified atom stereocenters. The molecule has 0 radical (unpaired) electrons. The molecule has 0 saturated heterocycles. The molecule has 0 fully saturated rings. The first-order valence-corrected chi connectivity index (χ1v) is 10.4. The summed E-state index contributed by atoms with van der Waals surface area (Å²) in [5.41, 5.74) is 3.59. The fourth-order valence-electron chi connectivity index (χ4n) is 3.54. The lowest BCUT2D eigenvalue weighted by molar-refractivity contribution is -0.118. The second-order valence-corrected chi connectivity index (χ2v) is 7.15. The molecule has 0 aliphatic rings. The van der Waals surface area contributed by atoms with Gasteiger partial charge in [-0.2, -0.15) is 5.26 Å². The minimum atomic E-state index is -0.402. The smallest absolute Gasteiger partial charge is 0.264 e. The molecule has 4 rings (SSSR count). The van der Waals surface area contributed by atoms with E-state index in [4.69, 9.17) is 9.15 Å². The first-order chi connectivity index (χ1) is 15.7. The average Bonchev–Trinajstić information content (AvgIpc) is 3.22. The zero-order valence-corrected chi connectivity index (χ0v) is 17.7. The number of hydrogen-bond donors (Lipinski definition) is 1. The first kappa shape index (κ1) is 21.0. The van der Waals surface area contributed by atoms with Crippen LogP contribution in [0.5, 0.6) is 5.75 Å². The molecule has 0 aliphatic carbocycles. The molecule has 5 heteroatoms. The van der Waals surface area contributed by atoms with Gasteiger partial charge < -0.3 is 9.15 Å². The largest absolute Gasteiger partial charge is 0.483 e. The Kier molecular flexibility index (Phi) is 6.33. The van der Waals surface area contributed by atoms with Gasteiger partial charge in [-0.25, -0.2) is 0 Å². The van der Waals surface area contributed by atoms with E-state index in [2.05, 4.69) is 11.4 Å². The molecule has 1 aromatic heterocycles. The standard InChI is InChI=1S/C27H22N2O3/c1-2-19-11-9-10-16-23(19)31-18-24(30)29-27-22(17-28)25(20-12-5-3-6-13-20)26(32-27)21-14-7-4-8-15-21/h3-16H,2,18H2,1H3,(H,29,30). The highest BCUT2D eigenvalue weighted by Gasteiger charge is 2.24. The monoisotopic (exact) mass is 422 g/mol. The number of para-hydroxylation sites is 1. The van der Waals surface area contributed by atoms with E-state index in [1.165, 1.54) is 0 Å². The summed E-state index contributed by atoms with van der Waals surface area (Å²) in [6.07, 6.45) is 0.801. The summed E-state index contributed by atoms with van der Waals surface area (Å²) in [5.74, 6) is 0.906. The van der Waals surface area contributed by atoms with Gasteiger partial charge in [0.2, 0.25) is 5.88 Å². The van der Waals surface area contributed by atoms with Gasteiger partial charge >= 0.3 is 0 Å². The number of nitrogens with one attached hydrogen (secondary N) is 1. The first-order valence-electron chi connectivity index (χ1n) is 10.4. The van der Waals surface area contributed by atoms with E-state index in [9.17, 15) is 10.1 Å². The minimum Gasteiger partial charge on any atom is -0.483 e. The Morgan fingerprint density at radius 1 is 0.938 bits per heavy atom. The summed E-state index contributed by atoms with van der Waals surface area (Å²) >= 11 is 0. The molecule has 0 spiro atoms. The molecule has 4 aromatic rings. The number of benzene rings is 3. The van der Waals surface area contributed by atoms with Crippen molar-refractivity contribution in [2.24, 2.45) is 0 Å². The second-order valence-electron chi connectivity index (χ2n) is 7.15. The normalized spacial score (nSPS) is 10.4. The Morgan fingerprint density at radius 3 is 2.22 bits per heavy atom. The summed E-state index contributed by atoms with van der Waals surface area (Å²) < 4.78 is 11.7. The number of carbonyl (C=O) groups excluding carboxylic acids is 1. The quantitative estimate of drug-likeness (QED) is 0.392. The highest BCUT2D eigenvalue weighted by Crippen LogP contribution is 2.41. The number of nitriles is 1. The van der Waals surface area contributed by atoms with E-state index in [0.717, 1.165) is 23.1 Å². The van der Waals surface area contributed by atoms with Crippen LogP contribution in [0.4, 0.5) is 5.88 Å². The van der Waals surface area contributed by atoms with Crippen molar-refractivity contribution in [3.8, 4) is 34.3 Å². The van der Waals surface area contributed by atoms with Crippen molar-refractivity contribution in [2.45, 2.75) is 13.3 Å². The van der Waals surface area contributed by atoms with Crippen LogP contribution in [-0.4, -0.2) is 12.5 Å². The van der Waals surface area contributed by atoms with Crippen LogP contribution in [0.25, 0.3) is 22.5 Å². The van der Waals surface area contributed by atoms with E-state index in [1.54, 1.807) is 0 Å². The van der Waals surface area contributed by atoms with Gasteiger partial charge in [-0.05, 0) is 23.6 Å². The summed E-state index contributed by atoms with van der Waals surface area (Å²) in [7, 11) is 0. The number of rotatable bonds is 7. The van der Waals surface area contributed by atoms with E-state index in [-0.39, 0.29) is 18.1 Å². The molecular formula is C27H22N2O3. The maximum atomic E-state index is 12.6. The number of furan rings is 1. The van der Waals surface area contributed by atoms with Crippen molar-refractivity contribution >= 4 is 11.8 Å². The predicted molar refractivity (Wildman–Crippen MR) is 124 cm³/mol. The van der Waals surface area contributed by atoms with Gasteiger partial charge in [-0.3, -0.25) is 10.1 Å². The summed E-state index contributed by atoms with van der Waals surface area (Å²) in [6.45, 7) is 1.84. The van der Waals surface area contributed by atoms with E-state index >= 15 is 0 Å². The fourth-order valence-corrected chi connectivity index (χ4v) is 3.54. The van der Waals surface area contributed by atoms with Gasteiger partial charge in [0.25, 0.3) is 5.91 Å². The SMILES string of the molecule is CCc1ccccc1OCC(=O)Nc1oc(-c2ccccc2)c(-c2ccccc2)c1C#N. The average molecular weight is 422 g/mol. The van der Waals surface area contributed by atoms with Crippen LogP contribution >= 0.6 is 0 Å². The summed E-state index contributed by atoms with van der Waals surface area (Å²) in [5, 5.41) is 12.6. The lowest BCUT2D eigenvalue weighted by Crippen LogP contribution is -2.20. The van der Waals surface area contributed by atoms with Crippen molar-refractivity contribution in [1.82, 2.24) is 0 Å². The predicted octanol–water partition coefficient (Wildman–Crippen LogP) is 6.07. The number of nitrogens with zero attached hydrogens (tertiary/aromatic N) is 1. The molecular weight excluding hydrogens is 400 g/mol. The highest BCUT2D eigenvalue weighted by atomic mass is 16.5. The Bertz CT molecular complexity index is 1260. The van der Waals surface area contributed by atoms with Gasteiger partial charge in [0.1, 0.15) is 23.1 Å². The van der Waals surface area contributed by atoms with Crippen LogP contribution in [0.1, 0.15) is 18.1 Å². The van der Waals surface area contributed by atoms with E-state index in [1.807, 2.05) is 91.9 Å². The fraction of sp³-hybridized carbons (Fsp3) is 0.111. The number of aryl methyl sites for hydroxylation is 1. The van der Waals surface area contributed by atoms with Crippen molar-refractivity contribution < 1.29 is 13.9 Å². The second kappa shape index (κ2) is 9.67. The van der Waals surface area contributed by atoms with Gasteiger partial charge in [-0.1, -0.05) is 85.8 Å². The molecule has 0 bridgehead atoms. The van der Waals surface area contributed by atoms with Crippen molar-refractivity contribution in [3.63, 3.8) is 0 Å². The van der Waals surface area contributed by atoms with Crippen LogP contribution in [0.3, 0.4) is 0 Å². The Morgan fingerprint density at radius 2 is 1.56 bits per heavy atom. The van der Waals surface area contributed by atoms with Gasteiger partial charge in [0.05, 0.1) is 0 Å². The summed E-state index contributed by atoms with van der Waals surface area (Å²) in [6, 6.07) is 28.8. The molecule has 0 aliphatic heterocycles. The summed E-state index contributed by atoms with van der Waals surface area (Å²) in [4.78, 5) is 12.6. The molecule has 158 valence electrons. The van der Waals surface area contributed by atoms with Gasteiger partial charge in [0.15, 0.2) is 6.61 Å². The zero-order valence-electron chi connectivity index (χ0n) is 17.7. The molecule has 1 N–H and O–H groups in total. The number of carbonyl (C=O) groups is 1. The molecule has 5 nitrogen and oxygen atoms in total. The third kappa shape index (κ3) is 4.40. The third-order valence-electron chi connectivity index (χ3n) is 5.08. The van der Waals surface area contributed by atoms with Gasteiger partial charge in [-0.15, -0.1) is 0 Å².